The highest BCUT2D eigenvalue weighted by Gasteiger charge is 2.36. The minimum absolute atomic E-state index is 0.0762. The first kappa shape index (κ1) is 27.3. The molecule has 2 saturated heterocycles. The predicted octanol–water partition coefficient (Wildman–Crippen LogP) is 4.34. The quantitative estimate of drug-likeness (QED) is 0.309. The molecule has 2 aromatic carbocycles. The van der Waals surface area contributed by atoms with Crippen molar-refractivity contribution in [1.82, 2.24) is 20.3 Å². The van der Waals surface area contributed by atoms with E-state index in [1.165, 1.54) is 22.3 Å². The zero-order chi connectivity index (χ0) is 27.3. The maximum absolute atomic E-state index is 6.23. The molecule has 0 atom stereocenters. The molecule has 4 heterocycles. The van der Waals surface area contributed by atoms with E-state index in [1.54, 1.807) is 6.33 Å². The average Bonchev–Trinajstić information content (AvgIpc) is 3.47. The Morgan fingerprint density at radius 3 is 1.95 bits per heavy atom. The van der Waals surface area contributed by atoms with Crippen LogP contribution >= 0.6 is 0 Å². The number of nitrogens with one attached hydrogen (secondary N) is 2. The first-order valence-corrected chi connectivity index (χ1v) is 14.3. The van der Waals surface area contributed by atoms with Crippen molar-refractivity contribution in [1.29, 1.82) is 0 Å². The van der Waals surface area contributed by atoms with Crippen LogP contribution in [0.5, 0.6) is 0 Å². The Bertz CT molecular complexity index is 1360. The molecule has 0 aliphatic carbocycles. The normalized spacial score (nSPS) is 18.4. The van der Waals surface area contributed by atoms with Crippen LogP contribution in [0.1, 0.15) is 47.9 Å². The molecule has 39 heavy (non-hydrogen) atoms. The summed E-state index contributed by atoms with van der Waals surface area (Å²) in [5.41, 5.74) is 18.8. The zero-order valence-electron chi connectivity index (χ0n) is 23.4. The lowest BCUT2D eigenvalue weighted by molar-refractivity contribution is 0.315. The van der Waals surface area contributed by atoms with Gasteiger partial charge in [-0.25, -0.2) is 9.97 Å². The third-order valence-electron chi connectivity index (χ3n) is 8.96. The third kappa shape index (κ3) is 5.71. The summed E-state index contributed by atoms with van der Waals surface area (Å²) in [5.74, 6) is 1.02. The van der Waals surface area contributed by atoms with E-state index in [0.717, 1.165) is 75.3 Å². The summed E-state index contributed by atoms with van der Waals surface area (Å²) in [5, 5.41) is 4.49. The minimum Gasteiger partial charge on any atom is -0.356 e. The van der Waals surface area contributed by atoms with Crippen LogP contribution in [0.25, 0.3) is 11.0 Å². The maximum Gasteiger partial charge on any atom is 0.142 e. The van der Waals surface area contributed by atoms with Gasteiger partial charge in [-0.2, -0.15) is 0 Å². The highest BCUT2D eigenvalue weighted by atomic mass is 15.2. The number of aromatic amines is 1. The van der Waals surface area contributed by atoms with Crippen molar-refractivity contribution in [3.05, 3.63) is 89.4 Å². The second-order valence-electron chi connectivity index (χ2n) is 11.4. The molecule has 206 valence electrons. The van der Waals surface area contributed by atoms with Crippen LogP contribution in [0.3, 0.4) is 0 Å². The van der Waals surface area contributed by atoms with Crippen molar-refractivity contribution in [2.45, 2.75) is 50.4 Å². The Hall–Kier alpha value is -3.26. The smallest absolute Gasteiger partial charge is 0.142 e. The highest BCUT2D eigenvalue weighted by molar-refractivity contribution is 5.87. The number of aryl methyl sites for hydroxylation is 2. The van der Waals surface area contributed by atoms with Crippen molar-refractivity contribution in [2.24, 2.45) is 11.5 Å². The zero-order valence-corrected chi connectivity index (χ0v) is 23.4. The molecule has 0 radical (unpaired) electrons. The number of aromatic nitrogens is 3. The van der Waals surface area contributed by atoms with Gasteiger partial charge in [-0.05, 0) is 69.8 Å². The summed E-state index contributed by atoms with van der Waals surface area (Å²) in [4.78, 5) is 14.3. The molecule has 0 unspecified atom stereocenters. The summed E-state index contributed by atoms with van der Waals surface area (Å²) >= 11 is 0. The van der Waals surface area contributed by atoms with Gasteiger partial charge in [0.1, 0.15) is 17.8 Å². The molecule has 6 rings (SSSR count). The molecular formula is C32H43N7. The van der Waals surface area contributed by atoms with Gasteiger partial charge in [-0.3, -0.25) is 0 Å². The average molecular weight is 526 g/mol. The van der Waals surface area contributed by atoms with E-state index < -0.39 is 0 Å². The van der Waals surface area contributed by atoms with E-state index in [2.05, 4.69) is 93.6 Å². The first-order valence-electron chi connectivity index (χ1n) is 14.3. The third-order valence-corrected chi connectivity index (χ3v) is 8.96. The number of rotatable bonds is 5. The Morgan fingerprint density at radius 1 is 0.795 bits per heavy atom. The molecule has 0 saturated carbocycles. The minimum atomic E-state index is 0.0762. The molecule has 2 aliphatic rings. The van der Waals surface area contributed by atoms with Crippen molar-refractivity contribution < 1.29 is 0 Å². The number of nitrogens with two attached hydrogens (primary N) is 2. The summed E-state index contributed by atoms with van der Waals surface area (Å²) in [6.07, 6.45) is 7.97. The first-order chi connectivity index (χ1) is 19.0. The molecule has 7 heteroatoms. The van der Waals surface area contributed by atoms with Crippen LogP contribution in [0, 0.1) is 13.8 Å². The van der Waals surface area contributed by atoms with Crippen LogP contribution < -0.4 is 21.7 Å². The van der Waals surface area contributed by atoms with Gasteiger partial charge in [-0.15, -0.1) is 0 Å². The Labute approximate surface area is 232 Å². The van der Waals surface area contributed by atoms with E-state index in [0.29, 0.717) is 6.54 Å². The monoisotopic (exact) mass is 525 g/mol. The Morgan fingerprint density at radius 2 is 1.38 bits per heavy atom. The maximum atomic E-state index is 6.23. The van der Waals surface area contributed by atoms with Gasteiger partial charge in [0, 0.05) is 43.2 Å². The lowest BCUT2D eigenvalue weighted by Gasteiger charge is -2.42. The SMILES string of the molecule is Cc1cccc(C2(CN)CCN(c3ncnc4[nH]ccc34)CC2)c1.Cc1cccc(C2(CN)CCNCC2)c1. The molecule has 4 aromatic rings. The van der Waals surface area contributed by atoms with E-state index >= 15 is 0 Å². The van der Waals surface area contributed by atoms with Crippen LogP contribution in [-0.2, 0) is 10.8 Å². The largest absolute Gasteiger partial charge is 0.356 e. The standard InChI is InChI=1S/C19H23N5.C13H20N2/c1-14-3-2-4-15(11-14)19(12-20)6-9-24(10-7-19)18-16-5-8-21-17(16)22-13-23-18;1-11-3-2-4-12(9-11)13(10-14)5-7-15-8-6-13/h2-5,8,11,13H,6-7,9-10,12,20H2,1H3,(H,21,22,23);2-4,9,15H,5-8,10,14H2,1H3. The number of anilines is 1. The molecule has 0 bridgehead atoms. The van der Waals surface area contributed by atoms with Crippen molar-refractivity contribution in [3.63, 3.8) is 0 Å². The number of nitrogens with zero attached hydrogens (tertiary/aromatic N) is 3. The van der Waals surface area contributed by atoms with Gasteiger partial charge in [-0.1, -0.05) is 59.7 Å². The molecule has 2 aromatic heterocycles. The van der Waals surface area contributed by atoms with Crippen molar-refractivity contribution >= 4 is 16.9 Å². The molecule has 2 fully saturated rings. The Balaban J connectivity index is 0.000000177. The van der Waals surface area contributed by atoms with Gasteiger partial charge < -0.3 is 26.7 Å². The van der Waals surface area contributed by atoms with Gasteiger partial charge in [0.25, 0.3) is 0 Å². The van der Waals surface area contributed by atoms with Crippen molar-refractivity contribution in [2.75, 3.05) is 44.2 Å². The molecule has 7 nitrogen and oxygen atoms in total. The predicted molar refractivity (Wildman–Crippen MR) is 161 cm³/mol. The highest BCUT2D eigenvalue weighted by Crippen LogP contribution is 2.37. The number of H-pyrrole nitrogens is 1. The molecule has 0 spiro atoms. The fourth-order valence-corrected chi connectivity index (χ4v) is 6.33. The van der Waals surface area contributed by atoms with Gasteiger partial charge in [0.2, 0.25) is 0 Å². The number of hydrogen-bond donors (Lipinski definition) is 4. The van der Waals surface area contributed by atoms with Gasteiger partial charge >= 0.3 is 0 Å². The fraction of sp³-hybridized carbons (Fsp3) is 0.438. The van der Waals surface area contributed by atoms with Crippen LogP contribution in [0.2, 0.25) is 0 Å². The number of piperidine rings is 2. The molecular weight excluding hydrogens is 482 g/mol. The summed E-state index contributed by atoms with van der Waals surface area (Å²) < 4.78 is 0. The molecule has 0 amide bonds. The summed E-state index contributed by atoms with van der Waals surface area (Å²) in [6.45, 7) is 9.84. The molecule has 2 aliphatic heterocycles. The summed E-state index contributed by atoms with van der Waals surface area (Å²) in [7, 11) is 0. The number of hydrogen-bond acceptors (Lipinski definition) is 6. The van der Waals surface area contributed by atoms with Crippen LogP contribution in [0.15, 0.2) is 67.1 Å². The topological polar surface area (TPSA) is 109 Å². The van der Waals surface area contributed by atoms with Crippen LogP contribution in [0.4, 0.5) is 5.82 Å². The molecule has 6 N–H and O–H groups in total. The second-order valence-corrected chi connectivity index (χ2v) is 11.4. The van der Waals surface area contributed by atoms with E-state index in [9.17, 15) is 0 Å². The summed E-state index contributed by atoms with van der Waals surface area (Å²) in [6, 6.07) is 19.7. The second kappa shape index (κ2) is 11.9. The fourth-order valence-electron chi connectivity index (χ4n) is 6.33. The number of fused-ring (bicyclic) bond motifs is 1. The Kier molecular flexibility index (Phi) is 8.31. The van der Waals surface area contributed by atoms with Gasteiger partial charge in [0.15, 0.2) is 0 Å². The van der Waals surface area contributed by atoms with E-state index in [4.69, 9.17) is 11.5 Å². The van der Waals surface area contributed by atoms with Crippen molar-refractivity contribution in [3.8, 4) is 0 Å². The number of benzene rings is 2. The lowest BCUT2D eigenvalue weighted by atomic mass is 9.72. The van der Waals surface area contributed by atoms with Crippen LogP contribution in [-0.4, -0.2) is 54.2 Å². The lowest BCUT2D eigenvalue weighted by Crippen LogP contribution is -2.47. The van der Waals surface area contributed by atoms with E-state index in [-0.39, 0.29) is 10.8 Å². The van der Waals surface area contributed by atoms with Gasteiger partial charge in [0.05, 0.1) is 5.39 Å². The van der Waals surface area contributed by atoms with E-state index in [1.807, 2.05) is 6.20 Å².